The van der Waals surface area contributed by atoms with Crippen molar-refractivity contribution in [3.63, 3.8) is 0 Å². The van der Waals surface area contributed by atoms with Gasteiger partial charge in [0.25, 0.3) is 0 Å². The van der Waals surface area contributed by atoms with Crippen LogP contribution in [0.25, 0.3) is 0 Å². The average Bonchev–Trinajstić information content (AvgIpc) is 2.32. The lowest BCUT2D eigenvalue weighted by Crippen LogP contribution is -2.19. The molecular weight excluding hydrogens is 235 g/mol. The summed E-state index contributed by atoms with van der Waals surface area (Å²) in [6.45, 7) is 2.66. The maximum Gasteiger partial charge on any atom is 0.250 e. The number of benzene rings is 1. The van der Waals surface area contributed by atoms with Crippen LogP contribution in [0.3, 0.4) is 0 Å². The van der Waals surface area contributed by atoms with Crippen LogP contribution in [0, 0.1) is 5.82 Å². The van der Waals surface area contributed by atoms with Gasteiger partial charge in [-0.15, -0.1) is 0 Å². The molecule has 100 valence electrons. The third-order valence-corrected chi connectivity index (χ3v) is 2.41. The van der Waals surface area contributed by atoms with E-state index in [2.05, 4.69) is 12.2 Å². The number of carbonyl (C=O) groups is 1. The van der Waals surface area contributed by atoms with Crippen molar-refractivity contribution in [2.45, 2.75) is 26.2 Å². The van der Waals surface area contributed by atoms with Crippen LogP contribution >= 0.6 is 0 Å². The van der Waals surface area contributed by atoms with Crippen LogP contribution in [0.2, 0.25) is 0 Å². The van der Waals surface area contributed by atoms with Gasteiger partial charge in [0, 0.05) is 6.61 Å². The summed E-state index contributed by atoms with van der Waals surface area (Å²) in [6.07, 6.45) is 3.15. The minimum atomic E-state index is -0.429. The first kappa shape index (κ1) is 14.4. The number of halogens is 1. The summed E-state index contributed by atoms with van der Waals surface area (Å²) in [5.41, 5.74) is 6.17. The van der Waals surface area contributed by atoms with Crippen molar-refractivity contribution in [2.24, 2.45) is 0 Å². The molecule has 0 spiro atoms. The van der Waals surface area contributed by atoms with Gasteiger partial charge in [-0.3, -0.25) is 4.79 Å². The van der Waals surface area contributed by atoms with E-state index < -0.39 is 5.82 Å². The molecule has 0 radical (unpaired) electrons. The van der Waals surface area contributed by atoms with E-state index >= 15 is 0 Å². The Morgan fingerprint density at radius 3 is 2.89 bits per heavy atom. The van der Waals surface area contributed by atoms with Gasteiger partial charge < -0.3 is 15.8 Å². The van der Waals surface area contributed by atoms with Crippen molar-refractivity contribution in [1.82, 2.24) is 0 Å². The fraction of sp³-hybridized carbons (Fsp3) is 0.462. The molecule has 0 aliphatic rings. The van der Waals surface area contributed by atoms with E-state index in [1.165, 1.54) is 12.1 Å². The van der Waals surface area contributed by atoms with Crippen LogP contribution in [0.5, 0.6) is 0 Å². The van der Waals surface area contributed by atoms with Gasteiger partial charge in [0.1, 0.15) is 12.4 Å². The molecule has 0 bridgehead atoms. The second-order valence-corrected chi connectivity index (χ2v) is 4.04. The number of carbonyl (C=O) groups excluding carboxylic acids is 1. The highest BCUT2D eigenvalue weighted by Gasteiger charge is 2.06. The number of anilines is 2. The number of hydrogen-bond acceptors (Lipinski definition) is 3. The molecule has 18 heavy (non-hydrogen) atoms. The Balaban J connectivity index is 2.31. The molecule has 0 aliphatic heterocycles. The number of ether oxygens (including phenoxy) is 1. The molecule has 1 rings (SSSR count). The van der Waals surface area contributed by atoms with Crippen LogP contribution in [-0.4, -0.2) is 19.1 Å². The summed E-state index contributed by atoms with van der Waals surface area (Å²) in [7, 11) is 0. The van der Waals surface area contributed by atoms with E-state index in [1.54, 1.807) is 0 Å². The molecule has 3 N–H and O–H groups in total. The van der Waals surface area contributed by atoms with Crippen LogP contribution in [0.4, 0.5) is 15.8 Å². The van der Waals surface area contributed by atoms with E-state index in [9.17, 15) is 9.18 Å². The van der Waals surface area contributed by atoms with Crippen molar-refractivity contribution in [1.29, 1.82) is 0 Å². The number of unbranched alkanes of at least 4 members (excludes halogenated alkanes) is 2. The van der Waals surface area contributed by atoms with Crippen molar-refractivity contribution < 1.29 is 13.9 Å². The van der Waals surface area contributed by atoms with Crippen LogP contribution in [-0.2, 0) is 9.53 Å². The monoisotopic (exact) mass is 254 g/mol. The Bertz CT molecular complexity index is 397. The predicted molar refractivity (Wildman–Crippen MR) is 69.8 cm³/mol. The largest absolute Gasteiger partial charge is 0.397 e. The molecule has 4 nitrogen and oxygen atoms in total. The summed E-state index contributed by atoms with van der Waals surface area (Å²) < 4.78 is 18.0. The van der Waals surface area contributed by atoms with Gasteiger partial charge in [-0.2, -0.15) is 0 Å². The lowest BCUT2D eigenvalue weighted by Gasteiger charge is -2.08. The first-order valence-corrected chi connectivity index (χ1v) is 6.06. The minimum Gasteiger partial charge on any atom is -0.397 e. The molecule has 0 aliphatic carbocycles. The second-order valence-electron chi connectivity index (χ2n) is 4.04. The summed E-state index contributed by atoms with van der Waals surface area (Å²) in [6, 6.07) is 3.84. The van der Waals surface area contributed by atoms with Gasteiger partial charge in [-0.25, -0.2) is 4.39 Å². The van der Waals surface area contributed by atoms with Gasteiger partial charge in [0.15, 0.2) is 0 Å². The Morgan fingerprint density at radius 2 is 2.22 bits per heavy atom. The fourth-order valence-electron chi connectivity index (χ4n) is 1.45. The number of nitrogens with one attached hydrogen (secondary N) is 1. The molecule has 0 aromatic heterocycles. The van der Waals surface area contributed by atoms with Crippen LogP contribution < -0.4 is 11.1 Å². The molecule has 5 heteroatoms. The number of nitrogen functional groups attached to an aromatic ring is 1. The SMILES string of the molecule is CCCCCOCC(=O)Nc1ccc(F)cc1N. The maximum absolute atomic E-state index is 12.8. The quantitative estimate of drug-likeness (QED) is 0.580. The first-order chi connectivity index (χ1) is 8.63. The van der Waals surface area contributed by atoms with E-state index in [0.717, 1.165) is 25.3 Å². The highest BCUT2D eigenvalue weighted by Crippen LogP contribution is 2.18. The number of rotatable bonds is 7. The van der Waals surface area contributed by atoms with E-state index in [4.69, 9.17) is 10.5 Å². The van der Waals surface area contributed by atoms with E-state index in [1.807, 2.05) is 0 Å². The fourth-order valence-corrected chi connectivity index (χ4v) is 1.45. The third kappa shape index (κ3) is 5.14. The summed E-state index contributed by atoms with van der Waals surface area (Å²) in [5.74, 6) is -0.717. The molecular formula is C13H19FN2O2. The Kier molecular flexibility index (Phi) is 6.14. The second kappa shape index (κ2) is 7.66. The molecule has 1 aromatic carbocycles. The summed E-state index contributed by atoms with van der Waals surface area (Å²) in [5, 5.41) is 2.57. The van der Waals surface area contributed by atoms with Crippen molar-refractivity contribution in [2.75, 3.05) is 24.3 Å². The van der Waals surface area contributed by atoms with Crippen molar-refractivity contribution >= 4 is 17.3 Å². The molecule has 1 amide bonds. The smallest absolute Gasteiger partial charge is 0.250 e. The molecule has 0 fully saturated rings. The molecule has 0 saturated heterocycles. The lowest BCUT2D eigenvalue weighted by atomic mass is 10.2. The zero-order valence-corrected chi connectivity index (χ0v) is 10.5. The zero-order chi connectivity index (χ0) is 13.4. The molecule has 0 unspecified atom stereocenters. The first-order valence-electron chi connectivity index (χ1n) is 6.06. The number of hydrogen-bond donors (Lipinski definition) is 2. The van der Waals surface area contributed by atoms with Gasteiger partial charge in [-0.05, 0) is 24.6 Å². The van der Waals surface area contributed by atoms with Gasteiger partial charge in [-0.1, -0.05) is 19.8 Å². The summed E-state index contributed by atoms with van der Waals surface area (Å²) in [4.78, 5) is 11.5. The van der Waals surface area contributed by atoms with Gasteiger partial charge >= 0.3 is 0 Å². The molecule has 0 heterocycles. The minimum absolute atomic E-state index is 0.0134. The van der Waals surface area contributed by atoms with Gasteiger partial charge in [0.05, 0.1) is 11.4 Å². The van der Waals surface area contributed by atoms with Crippen molar-refractivity contribution in [3.05, 3.63) is 24.0 Å². The predicted octanol–water partition coefficient (Wildman–Crippen LogP) is 2.55. The highest BCUT2D eigenvalue weighted by molar-refractivity contribution is 5.94. The van der Waals surface area contributed by atoms with Crippen LogP contribution in [0.15, 0.2) is 18.2 Å². The van der Waals surface area contributed by atoms with Crippen molar-refractivity contribution in [3.8, 4) is 0 Å². The third-order valence-electron chi connectivity index (χ3n) is 2.41. The van der Waals surface area contributed by atoms with Crippen LogP contribution in [0.1, 0.15) is 26.2 Å². The lowest BCUT2D eigenvalue weighted by molar-refractivity contribution is -0.120. The average molecular weight is 254 g/mol. The standard InChI is InChI=1S/C13H19FN2O2/c1-2-3-4-7-18-9-13(17)16-12-6-5-10(14)8-11(12)15/h5-6,8H,2-4,7,9,15H2,1H3,(H,16,17). The Morgan fingerprint density at radius 1 is 1.44 bits per heavy atom. The molecule has 0 atom stereocenters. The highest BCUT2D eigenvalue weighted by atomic mass is 19.1. The zero-order valence-electron chi connectivity index (χ0n) is 10.5. The Hall–Kier alpha value is -1.62. The number of amides is 1. The topological polar surface area (TPSA) is 64.3 Å². The molecule has 1 aromatic rings. The normalized spacial score (nSPS) is 10.3. The Labute approximate surface area is 106 Å². The summed E-state index contributed by atoms with van der Waals surface area (Å²) >= 11 is 0. The molecule has 0 saturated carbocycles. The maximum atomic E-state index is 12.8. The number of nitrogens with two attached hydrogens (primary N) is 1. The van der Waals surface area contributed by atoms with Gasteiger partial charge in [0.2, 0.25) is 5.91 Å². The van der Waals surface area contributed by atoms with E-state index in [-0.39, 0.29) is 18.2 Å². The van der Waals surface area contributed by atoms with E-state index in [0.29, 0.717) is 12.3 Å².